The molecule has 0 fully saturated rings. The minimum Gasteiger partial charge on any atom is -0.494 e. The van der Waals surface area contributed by atoms with Crippen LogP contribution >= 0.6 is 0 Å². The van der Waals surface area contributed by atoms with Crippen LogP contribution in [0.15, 0.2) is 47.5 Å². The number of unbranched alkanes of at least 4 members (excludes halogenated alkanes) is 1. The minimum absolute atomic E-state index is 0.0793. The Morgan fingerprint density at radius 1 is 1.07 bits per heavy atom. The maximum atomic E-state index is 12.1. The lowest BCUT2D eigenvalue weighted by Crippen LogP contribution is -2.23. The summed E-state index contributed by atoms with van der Waals surface area (Å²) in [5.74, 6) is 1.05. The van der Waals surface area contributed by atoms with E-state index in [4.69, 9.17) is 9.47 Å². The Bertz CT molecular complexity index is 882. The van der Waals surface area contributed by atoms with E-state index in [-0.39, 0.29) is 10.8 Å². The Morgan fingerprint density at radius 2 is 1.79 bits per heavy atom. The number of rotatable bonds is 12. The van der Waals surface area contributed by atoms with Gasteiger partial charge in [-0.25, -0.2) is 13.4 Å². The number of sulfone groups is 1. The Kier molecular flexibility index (Phi) is 8.92. The van der Waals surface area contributed by atoms with E-state index < -0.39 is 9.84 Å². The van der Waals surface area contributed by atoms with Crippen LogP contribution in [0.2, 0.25) is 0 Å². The highest BCUT2D eigenvalue weighted by Gasteiger charge is 2.08. The van der Waals surface area contributed by atoms with Gasteiger partial charge in [0.1, 0.15) is 5.75 Å². The van der Waals surface area contributed by atoms with Crippen molar-refractivity contribution in [2.75, 3.05) is 19.5 Å². The lowest BCUT2D eigenvalue weighted by molar-refractivity contribution is -0.121. The number of nitrogens with one attached hydrogen (secondary N) is 1. The Hall–Kier alpha value is -2.61. The fraction of sp³-hybridized carbons (Fsp3) is 0.429. The standard InChI is InChI=1S/C21H28N2O5S/c1-3-4-14-28-21-17(7-5-13-22-21)16-23-20(24)8-6-15-27-18-9-11-19(12-10-18)29(2,25)26/h5,7,9-13H,3-4,6,8,14-16H2,1-2H3,(H,23,24). The van der Waals surface area contributed by atoms with E-state index >= 15 is 0 Å². The highest BCUT2D eigenvalue weighted by atomic mass is 32.2. The molecule has 8 heteroatoms. The average Bonchev–Trinajstić information content (AvgIpc) is 2.70. The number of pyridine rings is 1. The second-order valence-corrected chi connectivity index (χ2v) is 8.66. The van der Waals surface area contributed by atoms with Crippen LogP contribution in [0.3, 0.4) is 0 Å². The van der Waals surface area contributed by atoms with E-state index in [0.29, 0.717) is 44.2 Å². The molecular formula is C21H28N2O5S. The third-order valence-corrected chi connectivity index (χ3v) is 5.26. The van der Waals surface area contributed by atoms with Crippen LogP contribution < -0.4 is 14.8 Å². The third-order valence-electron chi connectivity index (χ3n) is 4.13. The second kappa shape index (κ2) is 11.4. The van der Waals surface area contributed by atoms with Gasteiger partial charge >= 0.3 is 0 Å². The predicted molar refractivity (Wildman–Crippen MR) is 111 cm³/mol. The van der Waals surface area contributed by atoms with Crippen LogP contribution in [0.4, 0.5) is 0 Å². The van der Waals surface area contributed by atoms with Crippen LogP contribution in [0.1, 0.15) is 38.2 Å². The molecule has 0 unspecified atom stereocenters. The Balaban J connectivity index is 1.70. The van der Waals surface area contributed by atoms with Crippen LogP contribution in [0.5, 0.6) is 11.6 Å². The van der Waals surface area contributed by atoms with Gasteiger partial charge < -0.3 is 14.8 Å². The maximum Gasteiger partial charge on any atom is 0.220 e. The molecule has 1 aromatic carbocycles. The molecule has 29 heavy (non-hydrogen) atoms. The molecule has 1 N–H and O–H groups in total. The molecule has 0 bridgehead atoms. The summed E-state index contributed by atoms with van der Waals surface area (Å²) < 4.78 is 34.1. The topological polar surface area (TPSA) is 94.6 Å². The number of hydrogen-bond donors (Lipinski definition) is 1. The van der Waals surface area contributed by atoms with Gasteiger partial charge in [-0.15, -0.1) is 0 Å². The van der Waals surface area contributed by atoms with Gasteiger partial charge in [-0.2, -0.15) is 0 Å². The molecular weight excluding hydrogens is 392 g/mol. The summed E-state index contributed by atoms with van der Waals surface area (Å²) in [4.78, 5) is 16.5. The molecule has 0 radical (unpaired) electrons. The van der Waals surface area contributed by atoms with Crippen molar-refractivity contribution in [1.29, 1.82) is 0 Å². The normalized spacial score (nSPS) is 11.1. The SMILES string of the molecule is CCCCOc1ncccc1CNC(=O)CCCOc1ccc(S(C)(=O)=O)cc1. The van der Waals surface area contributed by atoms with Gasteiger partial charge in [0.05, 0.1) is 18.1 Å². The van der Waals surface area contributed by atoms with Crippen molar-refractivity contribution in [1.82, 2.24) is 10.3 Å². The summed E-state index contributed by atoms with van der Waals surface area (Å²) >= 11 is 0. The maximum absolute atomic E-state index is 12.1. The number of nitrogens with zero attached hydrogens (tertiary/aromatic N) is 1. The molecule has 0 spiro atoms. The average molecular weight is 421 g/mol. The Morgan fingerprint density at radius 3 is 2.48 bits per heavy atom. The first-order valence-electron chi connectivity index (χ1n) is 9.66. The van der Waals surface area contributed by atoms with E-state index in [1.165, 1.54) is 12.1 Å². The van der Waals surface area contributed by atoms with Crippen LogP contribution in [0, 0.1) is 0 Å². The molecule has 1 aromatic heterocycles. The molecule has 0 aliphatic carbocycles. The molecule has 1 heterocycles. The van der Waals surface area contributed by atoms with Gasteiger partial charge in [-0.05, 0) is 43.2 Å². The number of carbonyl (C=O) groups is 1. The lowest BCUT2D eigenvalue weighted by atomic mass is 10.2. The largest absolute Gasteiger partial charge is 0.494 e. The van der Waals surface area contributed by atoms with Crippen LogP contribution in [-0.4, -0.2) is 38.8 Å². The number of amides is 1. The summed E-state index contributed by atoms with van der Waals surface area (Å²) in [5, 5.41) is 2.87. The van der Waals surface area contributed by atoms with Crippen LogP contribution in [-0.2, 0) is 21.2 Å². The summed E-state index contributed by atoms with van der Waals surface area (Å²) in [6, 6.07) is 9.93. The first-order chi connectivity index (χ1) is 13.9. The highest BCUT2D eigenvalue weighted by Crippen LogP contribution is 2.16. The summed E-state index contributed by atoms with van der Waals surface area (Å²) in [6.07, 6.45) is 5.71. The molecule has 0 aliphatic heterocycles. The number of carbonyl (C=O) groups excluding carboxylic acids is 1. The molecule has 2 aromatic rings. The van der Waals surface area contributed by atoms with E-state index in [9.17, 15) is 13.2 Å². The van der Waals surface area contributed by atoms with Gasteiger partial charge in [0.25, 0.3) is 0 Å². The fourth-order valence-electron chi connectivity index (χ4n) is 2.49. The first-order valence-corrected chi connectivity index (χ1v) is 11.6. The molecule has 158 valence electrons. The van der Waals surface area contributed by atoms with Crippen molar-refractivity contribution in [3.05, 3.63) is 48.2 Å². The zero-order valence-electron chi connectivity index (χ0n) is 16.9. The van der Waals surface area contributed by atoms with E-state index in [1.54, 1.807) is 18.3 Å². The van der Waals surface area contributed by atoms with Gasteiger partial charge in [-0.3, -0.25) is 4.79 Å². The van der Waals surface area contributed by atoms with E-state index in [2.05, 4.69) is 17.2 Å². The summed E-state index contributed by atoms with van der Waals surface area (Å²) in [5.41, 5.74) is 0.846. The zero-order chi connectivity index (χ0) is 21.1. The zero-order valence-corrected chi connectivity index (χ0v) is 17.7. The Labute approximate surface area is 172 Å². The van der Waals surface area contributed by atoms with Gasteiger partial charge in [0.2, 0.25) is 11.8 Å². The lowest BCUT2D eigenvalue weighted by Gasteiger charge is -2.11. The van der Waals surface area contributed by atoms with Crippen molar-refractivity contribution in [2.45, 2.75) is 44.0 Å². The number of aromatic nitrogens is 1. The van der Waals surface area contributed by atoms with Crippen molar-refractivity contribution in [3.63, 3.8) is 0 Å². The van der Waals surface area contributed by atoms with Gasteiger partial charge in [0.15, 0.2) is 9.84 Å². The minimum atomic E-state index is -3.22. The summed E-state index contributed by atoms with van der Waals surface area (Å²) in [7, 11) is -3.22. The third kappa shape index (κ3) is 8.11. The van der Waals surface area contributed by atoms with Crippen molar-refractivity contribution in [3.8, 4) is 11.6 Å². The first kappa shape index (κ1) is 22.7. The molecule has 0 aliphatic rings. The van der Waals surface area contributed by atoms with Crippen LogP contribution in [0.25, 0.3) is 0 Å². The van der Waals surface area contributed by atoms with Crippen molar-refractivity contribution < 1.29 is 22.7 Å². The molecule has 0 saturated heterocycles. The second-order valence-electron chi connectivity index (χ2n) is 6.64. The van der Waals surface area contributed by atoms with Crippen molar-refractivity contribution in [2.24, 2.45) is 0 Å². The smallest absolute Gasteiger partial charge is 0.220 e. The predicted octanol–water partition coefficient (Wildman–Crippen LogP) is 3.14. The highest BCUT2D eigenvalue weighted by molar-refractivity contribution is 7.90. The summed E-state index contributed by atoms with van der Waals surface area (Å²) in [6.45, 7) is 3.43. The van der Waals surface area contributed by atoms with Crippen molar-refractivity contribution >= 4 is 15.7 Å². The van der Waals surface area contributed by atoms with Gasteiger partial charge in [-0.1, -0.05) is 19.4 Å². The number of ether oxygens (including phenoxy) is 2. The molecule has 0 atom stereocenters. The quantitative estimate of drug-likeness (QED) is 0.530. The monoisotopic (exact) mass is 420 g/mol. The van der Waals surface area contributed by atoms with E-state index in [0.717, 1.165) is 24.7 Å². The molecule has 1 amide bonds. The molecule has 2 rings (SSSR count). The fourth-order valence-corrected chi connectivity index (χ4v) is 3.12. The number of hydrogen-bond acceptors (Lipinski definition) is 6. The van der Waals surface area contributed by atoms with E-state index in [1.807, 2.05) is 12.1 Å². The number of benzene rings is 1. The molecule has 7 nitrogen and oxygen atoms in total. The van der Waals surface area contributed by atoms with Gasteiger partial charge in [0, 0.05) is 31.0 Å². The molecule has 0 saturated carbocycles.